The minimum atomic E-state index is -1.04. The highest BCUT2D eigenvalue weighted by atomic mass is 79.9. The van der Waals surface area contributed by atoms with E-state index in [2.05, 4.69) is 31.9 Å². The molecule has 3 N–H and O–H groups in total. The fraction of sp³-hybridized carbons (Fsp3) is 0.300. The summed E-state index contributed by atoms with van der Waals surface area (Å²) in [6.07, 6.45) is 0.230. The fourth-order valence-electron chi connectivity index (χ4n) is 1.21. The molecule has 0 aliphatic carbocycles. The molecule has 0 amide bonds. The van der Waals surface area contributed by atoms with Gasteiger partial charge in [-0.05, 0) is 56.0 Å². The van der Waals surface area contributed by atoms with Crippen molar-refractivity contribution in [3.63, 3.8) is 0 Å². The van der Waals surface area contributed by atoms with Crippen LogP contribution in [0.4, 0.5) is 0 Å². The predicted molar refractivity (Wildman–Crippen MR) is 67.7 cm³/mol. The molecule has 0 aliphatic rings. The number of ether oxygens (including phenoxy) is 1. The molecule has 1 rings (SSSR count). The molecule has 88 valence electrons. The summed E-state index contributed by atoms with van der Waals surface area (Å²) in [6, 6.07) is 2.54. The zero-order valence-electron chi connectivity index (χ0n) is 9.24. The van der Waals surface area contributed by atoms with Gasteiger partial charge in [0.25, 0.3) is 0 Å². The lowest BCUT2D eigenvalue weighted by Gasteiger charge is -2.11. The molecular weight excluding hydrogens is 342 g/mol. The second-order valence-corrected chi connectivity index (χ2v) is 4.89. The molecular formula is C10H11Br2NO3. The third-order valence-corrected chi connectivity index (χ3v) is 3.15. The number of carboxylic acids is 1. The van der Waals surface area contributed by atoms with Crippen molar-refractivity contribution in [1.29, 1.82) is 0 Å². The van der Waals surface area contributed by atoms with Gasteiger partial charge in [-0.3, -0.25) is 4.79 Å². The molecule has 0 aromatic heterocycles. The third-order valence-electron chi connectivity index (χ3n) is 1.98. The first-order valence-electron chi connectivity index (χ1n) is 5.04. The molecule has 0 saturated carbocycles. The molecule has 1 atom stereocenters. The van der Waals surface area contributed by atoms with Crippen LogP contribution in [0, 0.1) is 0 Å². The normalized spacial score (nSPS) is 13.1. The van der Waals surface area contributed by atoms with Crippen molar-refractivity contribution in [2.45, 2.75) is 12.5 Å². The van der Waals surface area contributed by atoms with Gasteiger partial charge in [0, 0.05) is 0 Å². The van der Waals surface area contributed by atoms with Crippen LogP contribution in [0.3, 0.4) is 0 Å². The average molecular weight is 354 g/mol. The van der Waals surface area contributed by atoms with Gasteiger partial charge in [-0.15, -0.1) is 0 Å². The third kappa shape index (κ3) is 3.20. The van der Waals surface area contributed by atoms with Gasteiger partial charge in [-0.2, -0.15) is 0 Å². The van der Waals surface area contributed by atoms with Crippen molar-refractivity contribution >= 4 is 37.8 Å². The van der Waals surface area contributed by atoms with E-state index in [4.69, 9.17) is 16.9 Å². The maximum absolute atomic E-state index is 10.6. The summed E-state index contributed by atoms with van der Waals surface area (Å²) in [5.74, 6) is -0.517. The zero-order chi connectivity index (χ0) is 13.0. The van der Waals surface area contributed by atoms with Crippen LogP contribution in [0.25, 0.3) is 0 Å². The molecule has 6 heteroatoms. The Morgan fingerprint density at radius 2 is 2.19 bits per heavy atom. The number of halogens is 2. The van der Waals surface area contributed by atoms with Gasteiger partial charge in [-0.25, -0.2) is 0 Å². The highest BCUT2D eigenvalue weighted by Gasteiger charge is 2.14. The molecule has 0 fully saturated rings. The van der Waals surface area contributed by atoms with Crippen LogP contribution in [0.15, 0.2) is 21.1 Å². The summed E-state index contributed by atoms with van der Waals surface area (Å²) >= 11 is 6.60. The van der Waals surface area contributed by atoms with Gasteiger partial charge in [-0.1, -0.05) is 0 Å². The van der Waals surface area contributed by atoms with Crippen LogP contribution in [0.2, 0.25) is 0 Å². The van der Waals surface area contributed by atoms with Crippen molar-refractivity contribution in [2.24, 2.45) is 5.73 Å². The van der Waals surface area contributed by atoms with Crippen molar-refractivity contribution in [3.05, 3.63) is 26.6 Å². The summed E-state index contributed by atoms with van der Waals surface area (Å²) in [6.45, 7) is 0. The second-order valence-electron chi connectivity index (χ2n) is 3.18. The molecule has 0 bridgehead atoms. The van der Waals surface area contributed by atoms with Crippen LogP contribution < -0.4 is 10.5 Å². The molecule has 4 nitrogen and oxygen atoms in total. The smallest absolute Gasteiger partial charge is 0.320 e. The Balaban J connectivity index is 2.94. The summed E-state index contributed by atoms with van der Waals surface area (Å²) in [7, 11) is -0.189. The van der Waals surface area contributed by atoms with E-state index in [1.54, 1.807) is 12.1 Å². The Morgan fingerprint density at radius 3 is 2.62 bits per heavy atom. The minimum absolute atomic E-state index is 0.189. The number of nitrogens with two attached hydrogens (primary N) is 1. The Labute approximate surface area is 111 Å². The lowest BCUT2D eigenvalue weighted by molar-refractivity contribution is -0.138. The van der Waals surface area contributed by atoms with Gasteiger partial charge in [0.15, 0.2) is 0 Å². The molecule has 1 aromatic rings. The van der Waals surface area contributed by atoms with Crippen molar-refractivity contribution in [1.82, 2.24) is 0 Å². The van der Waals surface area contributed by atoms with Crippen LogP contribution >= 0.6 is 31.9 Å². The van der Waals surface area contributed by atoms with E-state index >= 15 is 0 Å². The monoisotopic (exact) mass is 352 g/mol. The van der Waals surface area contributed by atoms with Crippen LogP contribution in [-0.2, 0) is 11.2 Å². The lowest BCUT2D eigenvalue weighted by Crippen LogP contribution is -2.32. The second kappa shape index (κ2) is 5.65. The van der Waals surface area contributed by atoms with Crippen LogP contribution in [0.1, 0.15) is 6.93 Å². The Hall–Kier alpha value is -0.590. The van der Waals surface area contributed by atoms with Gasteiger partial charge in [0.05, 0.1) is 17.4 Å². The zero-order valence-corrected chi connectivity index (χ0v) is 11.4. The molecule has 16 heavy (non-hydrogen) atoms. The lowest BCUT2D eigenvalue weighted by atomic mass is 10.1. The first-order valence-corrected chi connectivity index (χ1v) is 5.92. The maximum atomic E-state index is 10.6. The van der Waals surface area contributed by atoms with E-state index in [9.17, 15) is 4.79 Å². The van der Waals surface area contributed by atoms with E-state index < -0.39 is 12.0 Å². The Morgan fingerprint density at radius 1 is 1.62 bits per heavy atom. The summed E-state index contributed by atoms with van der Waals surface area (Å²) in [5, 5.41) is 8.72. The maximum Gasteiger partial charge on any atom is 0.320 e. The van der Waals surface area contributed by atoms with Gasteiger partial charge < -0.3 is 15.6 Å². The number of carbonyl (C=O) groups is 1. The number of aliphatic carboxylic acids is 1. The number of hydrogen-bond donors (Lipinski definition) is 2. The first-order chi connectivity index (χ1) is 7.95. The van der Waals surface area contributed by atoms with Gasteiger partial charge in [0.1, 0.15) is 11.8 Å². The number of carboxylic acid groups (broad SMARTS) is 1. The summed E-state index contributed by atoms with van der Waals surface area (Å²) < 4.78 is 13.4. The Bertz CT molecular complexity index is 405. The molecule has 0 aliphatic heterocycles. The molecule has 1 aromatic carbocycles. The topological polar surface area (TPSA) is 72.5 Å². The van der Waals surface area contributed by atoms with E-state index in [0.29, 0.717) is 14.7 Å². The Kier molecular flexibility index (Phi) is 4.20. The number of methoxy groups -OCH3 is 1. The number of rotatable bonds is 4. The standard InChI is InChI=1S/C10H11Br2NO3/c1-16-9-6(11)2-5(3-7(9)12)4-8(13)10(14)15/h2-3,8H,4,13H2,1H3,(H,14,15)/t8-/m0/s1/i1D. The fourth-order valence-corrected chi connectivity index (χ4v) is 2.72. The van der Waals surface area contributed by atoms with E-state index in [1.165, 1.54) is 0 Å². The largest absolute Gasteiger partial charge is 0.494 e. The van der Waals surface area contributed by atoms with Crippen LogP contribution in [-0.4, -0.2) is 24.2 Å². The average Bonchev–Trinajstić information content (AvgIpc) is 2.23. The number of hydrogen-bond acceptors (Lipinski definition) is 3. The molecule has 0 radical (unpaired) electrons. The molecule has 0 saturated heterocycles. The predicted octanol–water partition coefficient (Wildman–Crippen LogP) is 2.17. The van der Waals surface area contributed by atoms with Crippen LogP contribution in [0.5, 0.6) is 5.75 Å². The highest BCUT2D eigenvalue weighted by molar-refractivity contribution is 9.11. The van der Waals surface area contributed by atoms with Gasteiger partial charge >= 0.3 is 5.97 Å². The van der Waals surface area contributed by atoms with Crippen molar-refractivity contribution < 1.29 is 16.0 Å². The number of benzene rings is 1. The van der Waals surface area contributed by atoms with Crippen molar-refractivity contribution in [2.75, 3.05) is 7.09 Å². The molecule has 0 heterocycles. The van der Waals surface area contributed by atoms with E-state index in [-0.39, 0.29) is 13.5 Å². The summed E-state index contributed by atoms with van der Waals surface area (Å²) in [5.41, 5.74) is 6.23. The van der Waals surface area contributed by atoms with E-state index in [0.717, 1.165) is 5.56 Å². The van der Waals surface area contributed by atoms with Gasteiger partial charge in [0.2, 0.25) is 0 Å². The summed E-state index contributed by atoms with van der Waals surface area (Å²) in [4.78, 5) is 10.6. The minimum Gasteiger partial charge on any atom is -0.494 e. The molecule has 0 unspecified atom stereocenters. The highest BCUT2D eigenvalue weighted by Crippen LogP contribution is 2.34. The van der Waals surface area contributed by atoms with Crippen molar-refractivity contribution in [3.8, 4) is 5.75 Å². The van der Waals surface area contributed by atoms with E-state index in [1.807, 2.05) is 0 Å². The molecule has 0 spiro atoms. The first kappa shape index (κ1) is 11.9. The SMILES string of the molecule is [2H]COc1c(Br)cc(C[C@H](N)C(=O)O)cc1Br. The quantitative estimate of drug-likeness (QED) is 0.870.